The highest BCUT2D eigenvalue weighted by Gasteiger charge is 2.60. The van der Waals surface area contributed by atoms with E-state index in [1.807, 2.05) is 35.2 Å². The summed E-state index contributed by atoms with van der Waals surface area (Å²) in [5.41, 5.74) is 2.01. The van der Waals surface area contributed by atoms with Gasteiger partial charge in [-0.25, -0.2) is 4.98 Å². The number of H-pyrrole nitrogens is 1. The number of aromatic nitrogens is 2. The van der Waals surface area contributed by atoms with Crippen molar-refractivity contribution in [3.05, 3.63) is 51.9 Å². The minimum atomic E-state index is -0.315. The first-order valence-electron chi connectivity index (χ1n) is 12.4. The third-order valence-electron chi connectivity index (χ3n) is 8.66. The Labute approximate surface area is 193 Å². The van der Waals surface area contributed by atoms with Crippen molar-refractivity contribution >= 4 is 5.91 Å². The monoisotopic (exact) mass is 448 g/mol. The Kier molecular flexibility index (Phi) is 5.14. The smallest absolute Gasteiger partial charge is 0.254 e. The average Bonchev–Trinajstić information content (AvgIpc) is 3.35. The molecule has 1 saturated carbocycles. The van der Waals surface area contributed by atoms with Gasteiger partial charge in [-0.2, -0.15) is 0 Å². The fourth-order valence-electron chi connectivity index (χ4n) is 6.76. The number of carbonyl (C=O) groups excluding carboxylic acids is 1. The van der Waals surface area contributed by atoms with Gasteiger partial charge in [0.25, 0.3) is 5.56 Å². The summed E-state index contributed by atoms with van der Waals surface area (Å²) in [7, 11) is 0. The number of nitrogens with zero attached hydrogens (tertiary/aromatic N) is 2. The molecular formula is C26H32N4O3. The van der Waals surface area contributed by atoms with Crippen LogP contribution in [0.25, 0.3) is 11.4 Å². The Hall–Kier alpha value is -2.51. The molecule has 7 heteroatoms. The lowest BCUT2D eigenvalue weighted by atomic mass is 9.73. The Morgan fingerprint density at radius 2 is 1.91 bits per heavy atom. The van der Waals surface area contributed by atoms with E-state index in [4.69, 9.17) is 9.72 Å². The van der Waals surface area contributed by atoms with E-state index >= 15 is 0 Å². The van der Waals surface area contributed by atoms with Crippen molar-refractivity contribution in [2.24, 2.45) is 11.3 Å². The van der Waals surface area contributed by atoms with Crippen molar-refractivity contribution in [1.82, 2.24) is 20.2 Å². The standard InChI is InChI=1S/C26H32N4O3/c1-16-22-13-20-21(28-23(29-24(20)31)17-5-3-2-4-6-17)15-30(22)25(32)26(16)10-7-19(14-26)27-18-8-11-33-12-9-18/h2-6,16,18-19,22,27H,7-15H2,1H3,(H,28,29,31)/t16?,19-,22?,26+/m1/s1. The summed E-state index contributed by atoms with van der Waals surface area (Å²) < 4.78 is 5.50. The number of hydrogen-bond donors (Lipinski definition) is 2. The van der Waals surface area contributed by atoms with Crippen LogP contribution < -0.4 is 10.9 Å². The van der Waals surface area contributed by atoms with Gasteiger partial charge in [0.2, 0.25) is 5.91 Å². The summed E-state index contributed by atoms with van der Waals surface area (Å²) >= 11 is 0. The lowest BCUT2D eigenvalue weighted by molar-refractivity contribution is -0.138. The van der Waals surface area contributed by atoms with Crippen LogP contribution in [0.4, 0.5) is 0 Å². The van der Waals surface area contributed by atoms with Crippen LogP contribution in [-0.4, -0.2) is 52.1 Å². The first-order valence-corrected chi connectivity index (χ1v) is 12.4. The van der Waals surface area contributed by atoms with E-state index in [1.165, 1.54) is 0 Å². The molecule has 1 aromatic carbocycles. The maximum Gasteiger partial charge on any atom is 0.254 e. The van der Waals surface area contributed by atoms with Crippen molar-refractivity contribution in [3.8, 4) is 11.4 Å². The van der Waals surface area contributed by atoms with Gasteiger partial charge in [0.05, 0.1) is 17.7 Å². The molecule has 0 radical (unpaired) electrons. The van der Waals surface area contributed by atoms with Crippen molar-refractivity contribution in [1.29, 1.82) is 0 Å². The first kappa shape index (κ1) is 21.1. The predicted octanol–water partition coefficient (Wildman–Crippen LogP) is 2.65. The molecule has 6 rings (SSSR count). The summed E-state index contributed by atoms with van der Waals surface area (Å²) in [5.74, 6) is 1.08. The lowest BCUT2D eigenvalue weighted by Crippen LogP contribution is -2.43. The molecule has 2 N–H and O–H groups in total. The second-order valence-corrected chi connectivity index (χ2v) is 10.3. The number of amides is 1. The van der Waals surface area contributed by atoms with Crippen molar-refractivity contribution in [2.45, 2.75) is 70.1 Å². The third-order valence-corrected chi connectivity index (χ3v) is 8.66. The molecule has 2 saturated heterocycles. The summed E-state index contributed by atoms with van der Waals surface area (Å²) in [6.07, 6.45) is 5.56. The van der Waals surface area contributed by atoms with Gasteiger partial charge in [-0.15, -0.1) is 0 Å². The normalized spacial score (nSPS) is 31.7. The van der Waals surface area contributed by atoms with E-state index in [0.29, 0.717) is 30.9 Å². The van der Waals surface area contributed by atoms with Crippen LogP contribution in [0.3, 0.4) is 0 Å². The second-order valence-electron chi connectivity index (χ2n) is 10.3. The van der Waals surface area contributed by atoms with E-state index in [-0.39, 0.29) is 28.8 Å². The number of aromatic amines is 1. The van der Waals surface area contributed by atoms with Crippen LogP contribution in [0.2, 0.25) is 0 Å². The molecule has 7 nitrogen and oxygen atoms in total. The van der Waals surface area contributed by atoms with E-state index in [2.05, 4.69) is 17.2 Å². The van der Waals surface area contributed by atoms with Gasteiger partial charge < -0.3 is 19.9 Å². The zero-order valence-corrected chi connectivity index (χ0v) is 19.2. The number of benzene rings is 1. The van der Waals surface area contributed by atoms with Crippen LogP contribution in [0.1, 0.15) is 50.3 Å². The summed E-state index contributed by atoms with van der Waals surface area (Å²) in [4.78, 5) is 36.6. The van der Waals surface area contributed by atoms with Crippen LogP contribution >= 0.6 is 0 Å². The summed E-state index contributed by atoms with van der Waals surface area (Å²) in [5, 5.41) is 3.83. The molecule has 1 aromatic heterocycles. The molecule has 0 bridgehead atoms. The molecule has 4 heterocycles. The number of ether oxygens (including phenoxy) is 1. The summed E-state index contributed by atoms with van der Waals surface area (Å²) in [6.45, 7) is 4.31. The molecule has 2 aromatic rings. The highest BCUT2D eigenvalue weighted by Crippen LogP contribution is 2.54. The van der Waals surface area contributed by atoms with Crippen molar-refractivity contribution in [2.75, 3.05) is 13.2 Å². The minimum Gasteiger partial charge on any atom is -0.381 e. The Balaban J connectivity index is 1.25. The van der Waals surface area contributed by atoms with E-state index < -0.39 is 0 Å². The maximum absolute atomic E-state index is 13.8. The van der Waals surface area contributed by atoms with Gasteiger partial charge in [0, 0.05) is 48.9 Å². The molecule has 33 heavy (non-hydrogen) atoms. The van der Waals surface area contributed by atoms with Gasteiger partial charge in [-0.3, -0.25) is 9.59 Å². The van der Waals surface area contributed by atoms with Crippen LogP contribution in [0, 0.1) is 11.3 Å². The van der Waals surface area contributed by atoms with Gasteiger partial charge in [0.1, 0.15) is 5.82 Å². The van der Waals surface area contributed by atoms with Crippen LogP contribution in [0.15, 0.2) is 35.1 Å². The Morgan fingerprint density at radius 3 is 2.70 bits per heavy atom. The van der Waals surface area contributed by atoms with Gasteiger partial charge in [-0.05, 0) is 38.0 Å². The minimum absolute atomic E-state index is 0.0652. The summed E-state index contributed by atoms with van der Waals surface area (Å²) in [6, 6.07) is 10.7. The number of carbonyl (C=O) groups is 1. The van der Waals surface area contributed by atoms with Gasteiger partial charge in [0.15, 0.2) is 0 Å². The molecule has 1 amide bonds. The van der Waals surface area contributed by atoms with Crippen LogP contribution in [0.5, 0.6) is 0 Å². The maximum atomic E-state index is 13.8. The fourth-order valence-corrected chi connectivity index (χ4v) is 6.76. The Morgan fingerprint density at radius 1 is 1.12 bits per heavy atom. The van der Waals surface area contributed by atoms with Crippen molar-refractivity contribution in [3.63, 3.8) is 0 Å². The zero-order chi connectivity index (χ0) is 22.6. The molecule has 3 aliphatic heterocycles. The lowest BCUT2D eigenvalue weighted by Gasteiger charge is -2.32. The molecular weight excluding hydrogens is 416 g/mol. The van der Waals surface area contributed by atoms with Crippen LogP contribution in [-0.2, 0) is 22.5 Å². The highest BCUT2D eigenvalue weighted by atomic mass is 16.5. The molecule has 4 aliphatic rings. The Bertz CT molecular complexity index is 1110. The highest BCUT2D eigenvalue weighted by molar-refractivity contribution is 5.87. The largest absolute Gasteiger partial charge is 0.381 e. The van der Waals surface area contributed by atoms with Gasteiger partial charge in [-0.1, -0.05) is 37.3 Å². The number of nitrogens with one attached hydrogen (secondary N) is 2. The number of hydrogen-bond acceptors (Lipinski definition) is 5. The second kappa shape index (κ2) is 8.06. The van der Waals surface area contributed by atoms with Gasteiger partial charge >= 0.3 is 0 Å². The number of rotatable bonds is 3. The molecule has 1 spiro atoms. The zero-order valence-electron chi connectivity index (χ0n) is 19.2. The van der Waals surface area contributed by atoms with E-state index in [9.17, 15) is 9.59 Å². The first-order chi connectivity index (χ1) is 16.0. The fraction of sp³-hybridized carbons (Fsp3) is 0.577. The molecule has 1 aliphatic carbocycles. The molecule has 3 fully saturated rings. The van der Waals surface area contributed by atoms with E-state index in [0.717, 1.165) is 62.1 Å². The predicted molar refractivity (Wildman–Crippen MR) is 125 cm³/mol. The van der Waals surface area contributed by atoms with E-state index in [1.54, 1.807) is 0 Å². The molecule has 174 valence electrons. The quantitative estimate of drug-likeness (QED) is 0.754. The number of fused-ring (bicyclic) bond motifs is 2. The SMILES string of the molecule is CC1C2Cc3c(nc(-c4ccccc4)[nH]c3=O)CN2C(=O)[C@]12CC[C@@H](NC1CCOCC1)C2. The molecule has 2 unspecified atom stereocenters. The van der Waals surface area contributed by atoms with Crippen molar-refractivity contribution < 1.29 is 9.53 Å². The topological polar surface area (TPSA) is 87.3 Å². The molecule has 4 atom stereocenters. The third kappa shape index (κ3) is 3.44. The average molecular weight is 449 g/mol.